The van der Waals surface area contributed by atoms with Crippen LogP contribution in [0.1, 0.15) is 26.2 Å². The second-order valence-electron chi connectivity index (χ2n) is 7.06. The van der Waals surface area contributed by atoms with Gasteiger partial charge >= 0.3 is 0 Å². The molecule has 3 rings (SSSR count). The number of hydrogen-bond acceptors (Lipinski definition) is 5. The SMILES string of the molecule is CCNC(=NCCCCn1cnnc1)NC1CCN(c2cc(Cl)ccc2OC)C1. The van der Waals surface area contributed by atoms with Crippen molar-refractivity contribution in [3.8, 4) is 5.75 Å². The molecule has 9 heteroatoms. The van der Waals surface area contributed by atoms with E-state index in [0.717, 1.165) is 74.4 Å². The number of unbranched alkanes of at least 4 members (excludes halogenated alkanes) is 1. The Kier molecular flexibility index (Phi) is 7.98. The minimum atomic E-state index is 0.327. The molecule has 1 aliphatic heterocycles. The highest BCUT2D eigenvalue weighted by Gasteiger charge is 2.25. The molecule has 2 N–H and O–H groups in total. The van der Waals surface area contributed by atoms with E-state index in [1.54, 1.807) is 19.8 Å². The van der Waals surface area contributed by atoms with Gasteiger partial charge in [0.05, 0.1) is 12.8 Å². The quantitative estimate of drug-likeness (QED) is 0.369. The van der Waals surface area contributed by atoms with Crippen molar-refractivity contribution in [2.45, 2.75) is 38.8 Å². The first-order valence-corrected chi connectivity index (χ1v) is 10.5. The Balaban J connectivity index is 1.49. The van der Waals surface area contributed by atoms with Gasteiger partial charge in [-0.15, -0.1) is 10.2 Å². The number of guanidine groups is 1. The van der Waals surface area contributed by atoms with Gasteiger partial charge in [-0.25, -0.2) is 0 Å². The lowest BCUT2D eigenvalue weighted by Crippen LogP contribution is -2.44. The predicted molar refractivity (Wildman–Crippen MR) is 117 cm³/mol. The van der Waals surface area contributed by atoms with Gasteiger partial charge in [-0.1, -0.05) is 11.6 Å². The van der Waals surface area contributed by atoms with E-state index in [1.807, 2.05) is 22.8 Å². The minimum absolute atomic E-state index is 0.327. The normalized spacial score (nSPS) is 16.9. The van der Waals surface area contributed by atoms with Gasteiger partial charge in [0.15, 0.2) is 5.96 Å². The van der Waals surface area contributed by atoms with Crippen molar-refractivity contribution >= 4 is 23.2 Å². The van der Waals surface area contributed by atoms with Crippen molar-refractivity contribution in [1.82, 2.24) is 25.4 Å². The summed E-state index contributed by atoms with van der Waals surface area (Å²) in [5.41, 5.74) is 1.04. The Hall–Kier alpha value is -2.48. The second-order valence-corrected chi connectivity index (χ2v) is 7.50. The molecule has 1 saturated heterocycles. The number of nitrogens with one attached hydrogen (secondary N) is 2. The zero-order chi connectivity index (χ0) is 20.5. The molecule has 1 aromatic heterocycles. The first-order chi connectivity index (χ1) is 14.2. The molecule has 0 amide bonds. The molecule has 0 aliphatic carbocycles. The minimum Gasteiger partial charge on any atom is -0.495 e. The van der Waals surface area contributed by atoms with Crippen LogP contribution >= 0.6 is 11.6 Å². The average molecular weight is 420 g/mol. The van der Waals surface area contributed by atoms with Gasteiger partial charge in [-0.3, -0.25) is 4.99 Å². The summed E-state index contributed by atoms with van der Waals surface area (Å²) in [7, 11) is 1.69. The summed E-state index contributed by atoms with van der Waals surface area (Å²) in [4.78, 5) is 7.04. The average Bonchev–Trinajstić information content (AvgIpc) is 3.40. The molecule has 0 spiro atoms. The molecule has 29 heavy (non-hydrogen) atoms. The zero-order valence-electron chi connectivity index (χ0n) is 17.1. The van der Waals surface area contributed by atoms with E-state index in [2.05, 4.69) is 32.7 Å². The summed E-state index contributed by atoms with van der Waals surface area (Å²) in [6, 6.07) is 6.07. The summed E-state index contributed by atoms with van der Waals surface area (Å²) >= 11 is 6.19. The summed E-state index contributed by atoms with van der Waals surface area (Å²) < 4.78 is 7.49. The van der Waals surface area contributed by atoms with E-state index in [9.17, 15) is 0 Å². The Morgan fingerprint density at radius 1 is 1.31 bits per heavy atom. The molecular weight excluding hydrogens is 390 g/mol. The highest BCUT2D eigenvalue weighted by molar-refractivity contribution is 6.30. The van der Waals surface area contributed by atoms with Gasteiger partial charge in [0, 0.05) is 43.8 Å². The number of aryl methyl sites for hydroxylation is 1. The smallest absolute Gasteiger partial charge is 0.191 e. The summed E-state index contributed by atoms with van der Waals surface area (Å²) in [5.74, 6) is 1.73. The number of hydrogen-bond donors (Lipinski definition) is 2. The Morgan fingerprint density at radius 2 is 2.14 bits per heavy atom. The number of benzene rings is 1. The van der Waals surface area contributed by atoms with Crippen molar-refractivity contribution in [1.29, 1.82) is 0 Å². The van der Waals surface area contributed by atoms with E-state index < -0.39 is 0 Å². The molecule has 2 heterocycles. The molecule has 1 aliphatic rings. The number of anilines is 1. The largest absolute Gasteiger partial charge is 0.495 e. The van der Waals surface area contributed by atoms with Crippen LogP contribution < -0.4 is 20.3 Å². The van der Waals surface area contributed by atoms with Gasteiger partial charge < -0.3 is 24.8 Å². The standard InChI is InChI=1S/C20H30ClN7O/c1-3-22-20(23-9-4-5-10-27-14-24-25-15-27)26-17-8-11-28(13-17)18-12-16(21)6-7-19(18)29-2/h6-7,12,14-15,17H,3-5,8-11,13H2,1-2H3,(H2,22,23,26). The number of nitrogens with zero attached hydrogens (tertiary/aromatic N) is 5. The van der Waals surface area contributed by atoms with Gasteiger partial charge in [0.25, 0.3) is 0 Å². The molecule has 1 fully saturated rings. The number of ether oxygens (including phenoxy) is 1. The van der Waals surface area contributed by atoms with E-state index >= 15 is 0 Å². The maximum Gasteiger partial charge on any atom is 0.191 e. The van der Waals surface area contributed by atoms with Crippen molar-refractivity contribution in [2.75, 3.05) is 38.2 Å². The van der Waals surface area contributed by atoms with Crippen LogP contribution in [0.4, 0.5) is 5.69 Å². The van der Waals surface area contributed by atoms with Crippen molar-refractivity contribution in [3.63, 3.8) is 0 Å². The van der Waals surface area contributed by atoms with Crippen LogP contribution in [0.25, 0.3) is 0 Å². The number of halogens is 1. The Morgan fingerprint density at radius 3 is 2.90 bits per heavy atom. The van der Waals surface area contributed by atoms with E-state index in [0.29, 0.717) is 6.04 Å². The van der Waals surface area contributed by atoms with E-state index in [4.69, 9.17) is 21.3 Å². The number of aliphatic imine (C=N–C) groups is 1. The first kappa shape index (κ1) is 21.2. The van der Waals surface area contributed by atoms with Crippen LogP contribution in [0.15, 0.2) is 35.8 Å². The molecule has 8 nitrogen and oxygen atoms in total. The lowest BCUT2D eigenvalue weighted by molar-refractivity contribution is 0.415. The fraction of sp³-hybridized carbons (Fsp3) is 0.550. The van der Waals surface area contributed by atoms with Crippen LogP contribution in [0, 0.1) is 0 Å². The summed E-state index contributed by atoms with van der Waals surface area (Å²) in [6.07, 6.45) is 6.59. The Labute approximate surface area is 177 Å². The molecular formula is C20H30ClN7O. The number of rotatable bonds is 9. The molecule has 2 aromatic rings. The first-order valence-electron chi connectivity index (χ1n) is 10.2. The van der Waals surface area contributed by atoms with Crippen LogP contribution in [0.2, 0.25) is 5.02 Å². The molecule has 1 aromatic carbocycles. The van der Waals surface area contributed by atoms with Crippen molar-refractivity contribution < 1.29 is 4.74 Å². The topological polar surface area (TPSA) is 79.6 Å². The molecule has 0 saturated carbocycles. The highest BCUT2D eigenvalue weighted by Crippen LogP contribution is 2.33. The third-order valence-corrected chi connectivity index (χ3v) is 5.15. The van der Waals surface area contributed by atoms with Gasteiger partial charge in [0.2, 0.25) is 0 Å². The molecule has 1 atom stereocenters. The van der Waals surface area contributed by atoms with Crippen LogP contribution in [-0.4, -0.2) is 60.1 Å². The summed E-state index contributed by atoms with van der Waals surface area (Å²) in [6.45, 7) is 6.47. The van der Waals surface area contributed by atoms with Gasteiger partial charge in [-0.2, -0.15) is 0 Å². The van der Waals surface area contributed by atoms with Crippen molar-refractivity contribution in [3.05, 3.63) is 35.9 Å². The summed E-state index contributed by atoms with van der Waals surface area (Å²) in [5, 5.41) is 15.3. The fourth-order valence-electron chi connectivity index (χ4n) is 3.46. The van der Waals surface area contributed by atoms with E-state index in [1.165, 1.54) is 0 Å². The zero-order valence-corrected chi connectivity index (χ0v) is 17.9. The van der Waals surface area contributed by atoms with E-state index in [-0.39, 0.29) is 0 Å². The molecule has 0 radical (unpaired) electrons. The molecule has 158 valence electrons. The van der Waals surface area contributed by atoms with Crippen LogP contribution in [-0.2, 0) is 6.54 Å². The Bertz CT molecular complexity index is 781. The van der Waals surface area contributed by atoms with Gasteiger partial charge in [-0.05, 0) is 44.4 Å². The molecule has 0 bridgehead atoms. The molecule has 1 unspecified atom stereocenters. The van der Waals surface area contributed by atoms with Crippen LogP contribution in [0.3, 0.4) is 0 Å². The predicted octanol–water partition coefficient (Wildman–Crippen LogP) is 2.55. The lowest BCUT2D eigenvalue weighted by atomic mass is 10.2. The third kappa shape index (κ3) is 6.25. The maximum absolute atomic E-state index is 6.19. The second kappa shape index (κ2) is 10.9. The number of methoxy groups -OCH3 is 1. The van der Waals surface area contributed by atoms with Crippen molar-refractivity contribution in [2.24, 2.45) is 4.99 Å². The monoisotopic (exact) mass is 419 g/mol. The maximum atomic E-state index is 6.19. The number of aromatic nitrogens is 3. The highest BCUT2D eigenvalue weighted by atomic mass is 35.5. The van der Waals surface area contributed by atoms with Crippen LogP contribution in [0.5, 0.6) is 5.75 Å². The fourth-order valence-corrected chi connectivity index (χ4v) is 3.62. The third-order valence-electron chi connectivity index (χ3n) is 4.92. The van der Waals surface area contributed by atoms with Gasteiger partial charge in [0.1, 0.15) is 18.4 Å². The lowest BCUT2D eigenvalue weighted by Gasteiger charge is -2.22.